The lowest BCUT2D eigenvalue weighted by Gasteiger charge is -1.88. The fraction of sp³-hybridized carbons (Fsp3) is 0.273. The van der Waals surface area contributed by atoms with Crippen LogP contribution < -0.4 is 0 Å². The molecule has 1 aromatic rings. The molecule has 1 aliphatic rings. The number of Topliss-reactive ketones (excluding diaryl/α,β-unsaturated/α-hetero) is 1. The van der Waals surface area contributed by atoms with Crippen LogP contribution in [-0.2, 0) is 17.6 Å². The zero-order chi connectivity index (χ0) is 9.97. The molecular weight excluding hydrogens is 194 g/mol. The number of ketones is 1. The molecule has 0 bridgehead atoms. The molecule has 1 heterocycles. The maximum absolute atomic E-state index is 10.9. The van der Waals surface area contributed by atoms with Crippen LogP contribution in [0.5, 0.6) is 0 Å². The average molecular weight is 205 g/mol. The predicted molar refractivity (Wildman–Crippen MR) is 58.4 cm³/mol. The van der Waals surface area contributed by atoms with Gasteiger partial charge in [-0.15, -0.1) is 11.3 Å². The summed E-state index contributed by atoms with van der Waals surface area (Å²) in [6.45, 7) is 1.60. The third-order valence-corrected chi connectivity index (χ3v) is 3.04. The zero-order valence-electron chi connectivity index (χ0n) is 7.99. The molecule has 0 unspecified atom stereocenters. The topological polar surface area (TPSA) is 30.0 Å². The number of carbonyl (C=O) groups is 1. The minimum Gasteiger partial charge on any atom is -0.300 e. The van der Waals surface area contributed by atoms with Crippen molar-refractivity contribution >= 4 is 23.2 Å². The van der Waals surface area contributed by atoms with Gasteiger partial charge in [-0.2, -0.15) is 0 Å². The van der Waals surface area contributed by atoms with Crippen molar-refractivity contribution in [1.82, 2.24) is 4.98 Å². The van der Waals surface area contributed by atoms with Crippen LogP contribution in [0.4, 0.5) is 0 Å². The lowest BCUT2D eigenvalue weighted by atomic mass is 10.3. The molecule has 1 aliphatic carbocycles. The Morgan fingerprint density at radius 1 is 1.57 bits per heavy atom. The summed E-state index contributed by atoms with van der Waals surface area (Å²) in [5, 5.41) is 0.933. The molecule has 2 nitrogen and oxygen atoms in total. The summed E-state index contributed by atoms with van der Waals surface area (Å²) in [4.78, 5) is 16.6. The van der Waals surface area contributed by atoms with E-state index < -0.39 is 0 Å². The van der Waals surface area contributed by atoms with E-state index in [-0.39, 0.29) is 5.78 Å². The maximum Gasteiger partial charge on any atom is 0.136 e. The van der Waals surface area contributed by atoms with Crippen molar-refractivity contribution in [2.75, 3.05) is 0 Å². The molecule has 0 N–H and O–H groups in total. The van der Waals surface area contributed by atoms with E-state index in [1.165, 1.54) is 4.88 Å². The number of carbonyl (C=O) groups excluding carboxylic acids is 1. The number of fused-ring (bicyclic) bond motifs is 1. The molecule has 0 aliphatic heterocycles. The summed E-state index contributed by atoms with van der Waals surface area (Å²) < 4.78 is 0. The second kappa shape index (κ2) is 3.88. The lowest BCUT2D eigenvalue weighted by Crippen LogP contribution is -1.95. The van der Waals surface area contributed by atoms with Gasteiger partial charge in [-0.3, -0.25) is 4.79 Å². The number of allylic oxidation sites excluding steroid dienone is 3. The highest BCUT2D eigenvalue weighted by atomic mass is 32.1. The van der Waals surface area contributed by atoms with Gasteiger partial charge in [0.1, 0.15) is 10.8 Å². The summed E-state index contributed by atoms with van der Waals surface area (Å²) in [5.74, 6) is 0.174. The quantitative estimate of drug-likeness (QED) is 0.742. The Kier molecular flexibility index (Phi) is 2.59. The second-order valence-electron chi connectivity index (χ2n) is 3.29. The van der Waals surface area contributed by atoms with E-state index in [0.29, 0.717) is 6.42 Å². The SMILES string of the molecule is CC(=O)Cc1nc2c(s1)C=CC=CC2. The first-order valence-corrected chi connectivity index (χ1v) is 5.38. The van der Waals surface area contributed by atoms with Gasteiger partial charge in [0.05, 0.1) is 17.0 Å². The van der Waals surface area contributed by atoms with Gasteiger partial charge in [-0.05, 0) is 13.0 Å². The Morgan fingerprint density at radius 2 is 2.43 bits per heavy atom. The fourth-order valence-electron chi connectivity index (χ4n) is 1.38. The van der Waals surface area contributed by atoms with Crippen LogP contribution in [0.25, 0.3) is 6.08 Å². The number of rotatable bonds is 2. The minimum atomic E-state index is 0.174. The largest absolute Gasteiger partial charge is 0.300 e. The van der Waals surface area contributed by atoms with Crippen molar-refractivity contribution in [1.29, 1.82) is 0 Å². The normalized spacial score (nSPS) is 13.8. The Morgan fingerprint density at radius 3 is 3.21 bits per heavy atom. The molecule has 72 valence electrons. The molecule has 2 rings (SSSR count). The van der Waals surface area contributed by atoms with Crippen molar-refractivity contribution in [2.45, 2.75) is 19.8 Å². The van der Waals surface area contributed by atoms with Gasteiger partial charge < -0.3 is 0 Å². The Labute approximate surface area is 87.0 Å². The first kappa shape index (κ1) is 9.34. The number of hydrogen-bond donors (Lipinski definition) is 0. The summed E-state index contributed by atoms with van der Waals surface area (Å²) in [6.07, 6.45) is 9.52. The predicted octanol–water partition coefficient (Wildman–Crippen LogP) is 2.40. The van der Waals surface area contributed by atoms with Crippen LogP contribution in [0.3, 0.4) is 0 Å². The van der Waals surface area contributed by atoms with Crippen LogP contribution in [-0.4, -0.2) is 10.8 Å². The van der Waals surface area contributed by atoms with Crippen molar-refractivity contribution in [3.8, 4) is 0 Å². The number of hydrogen-bond acceptors (Lipinski definition) is 3. The standard InChI is InChI=1S/C11H11NOS/c1-8(13)7-11-12-9-5-3-2-4-6-10(9)14-11/h2-4,6H,5,7H2,1H3. The lowest BCUT2D eigenvalue weighted by molar-refractivity contribution is -0.116. The van der Waals surface area contributed by atoms with Crippen molar-refractivity contribution < 1.29 is 4.79 Å². The Hall–Kier alpha value is -1.22. The monoisotopic (exact) mass is 205 g/mol. The third kappa shape index (κ3) is 1.99. The number of aromatic nitrogens is 1. The van der Waals surface area contributed by atoms with Crippen LogP contribution in [0.2, 0.25) is 0 Å². The van der Waals surface area contributed by atoms with E-state index in [9.17, 15) is 4.79 Å². The molecule has 0 spiro atoms. The molecule has 1 aromatic heterocycles. The molecule has 0 fully saturated rings. The van der Waals surface area contributed by atoms with Gasteiger partial charge in [-0.1, -0.05) is 18.2 Å². The highest BCUT2D eigenvalue weighted by Gasteiger charge is 2.10. The van der Waals surface area contributed by atoms with Gasteiger partial charge >= 0.3 is 0 Å². The molecule has 0 aromatic carbocycles. The first-order valence-electron chi connectivity index (χ1n) is 4.57. The first-order chi connectivity index (χ1) is 6.75. The Bertz CT molecular complexity index is 415. The minimum absolute atomic E-state index is 0.174. The molecule has 3 heteroatoms. The van der Waals surface area contributed by atoms with E-state index in [1.54, 1.807) is 18.3 Å². The van der Waals surface area contributed by atoms with Gasteiger partial charge in [0.25, 0.3) is 0 Å². The highest BCUT2D eigenvalue weighted by Crippen LogP contribution is 2.23. The second-order valence-corrected chi connectivity index (χ2v) is 4.40. The number of nitrogens with zero attached hydrogens (tertiary/aromatic N) is 1. The summed E-state index contributed by atoms with van der Waals surface area (Å²) >= 11 is 1.62. The van der Waals surface area contributed by atoms with Gasteiger partial charge in [0.2, 0.25) is 0 Å². The third-order valence-electron chi connectivity index (χ3n) is 1.98. The van der Waals surface area contributed by atoms with E-state index >= 15 is 0 Å². The Balaban J connectivity index is 2.28. The molecule has 0 radical (unpaired) electrons. The van der Waals surface area contributed by atoms with Crippen molar-refractivity contribution in [3.63, 3.8) is 0 Å². The van der Waals surface area contributed by atoms with E-state index in [0.717, 1.165) is 17.1 Å². The van der Waals surface area contributed by atoms with E-state index in [4.69, 9.17) is 0 Å². The molecule has 0 atom stereocenters. The van der Waals surface area contributed by atoms with E-state index in [2.05, 4.69) is 17.1 Å². The van der Waals surface area contributed by atoms with Crippen molar-refractivity contribution in [3.05, 3.63) is 33.8 Å². The summed E-state index contributed by atoms with van der Waals surface area (Å²) in [6, 6.07) is 0. The molecular formula is C11H11NOS. The average Bonchev–Trinajstić information content (AvgIpc) is 2.34. The molecule has 0 saturated carbocycles. The molecule has 0 amide bonds. The molecule has 14 heavy (non-hydrogen) atoms. The van der Waals surface area contributed by atoms with Gasteiger partial charge in [-0.25, -0.2) is 4.98 Å². The van der Waals surface area contributed by atoms with Crippen LogP contribution in [0.15, 0.2) is 18.2 Å². The number of thiazole rings is 1. The van der Waals surface area contributed by atoms with Gasteiger partial charge in [0, 0.05) is 6.42 Å². The van der Waals surface area contributed by atoms with Crippen LogP contribution in [0, 0.1) is 0 Å². The maximum atomic E-state index is 10.9. The highest BCUT2D eigenvalue weighted by molar-refractivity contribution is 7.12. The van der Waals surface area contributed by atoms with Crippen LogP contribution in [0.1, 0.15) is 22.5 Å². The zero-order valence-corrected chi connectivity index (χ0v) is 8.80. The smallest absolute Gasteiger partial charge is 0.136 e. The van der Waals surface area contributed by atoms with E-state index in [1.807, 2.05) is 12.2 Å². The summed E-state index contributed by atoms with van der Waals surface area (Å²) in [5.41, 5.74) is 1.09. The van der Waals surface area contributed by atoms with Crippen LogP contribution >= 0.6 is 11.3 Å². The van der Waals surface area contributed by atoms with Gasteiger partial charge in [0.15, 0.2) is 0 Å². The fourth-order valence-corrected chi connectivity index (χ4v) is 2.46. The summed E-state index contributed by atoms with van der Waals surface area (Å²) in [7, 11) is 0. The molecule has 0 saturated heterocycles. The van der Waals surface area contributed by atoms with Crippen molar-refractivity contribution in [2.24, 2.45) is 0 Å².